The molecule has 0 saturated carbocycles. The summed E-state index contributed by atoms with van der Waals surface area (Å²) < 4.78 is 30.5. The molecule has 1 amide bonds. The quantitative estimate of drug-likeness (QED) is 0.579. The molecule has 2 aliphatic heterocycles. The number of rotatable bonds is 5. The Bertz CT molecular complexity index is 1220. The van der Waals surface area contributed by atoms with Gasteiger partial charge in [0.25, 0.3) is 5.91 Å². The van der Waals surface area contributed by atoms with E-state index in [1.807, 2.05) is 54.6 Å². The van der Waals surface area contributed by atoms with Crippen LogP contribution in [0.15, 0.2) is 59.0 Å². The topological polar surface area (TPSA) is 70.8 Å². The van der Waals surface area contributed by atoms with Crippen molar-refractivity contribution in [2.45, 2.75) is 38.3 Å². The molecule has 0 N–H and O–H groups in total. The summed E-state index contributed by atoms with van der Waals surface area (Å²) in [6, 6.07) is 17.0. The van der Waals surface area contributed by atoms with Crippen LogP contribution in [-0.4, -0.2) is 49.9 Å². The van der Waals surface area contributed by atoms with Gasteiger partial charge in [-0.3, -0.25) is 4.79 Å². The number of benzene rings is 2. The molecule has 2 fully saturated rings. The largest absolute Gasteiger partial charge is 0.444 e. The van der Waals surface area contributed by atoms with E-state index in [1.54, 1.807) is 4.90 Å². The average Bonchev–Trinajstić information content (AvgIpc) is 3.43. The molecule has 5 rings (SSSR count). The Balaban J connectivity index is 1.46. The second kappa shape index (κ2) is 8.62. The van der Waals surface area contributed by atoms with Crippen LogP contribution in [0.3, 0.4) is 0 Å². The van der Waals surface area contributed by atoms with Crippen LogP contribution in [0.1, 0.15) is 41.8 Å². The lowest BCUT2D eigenvalue weighted by molar-refractivity contribution is 0.0668. The van der Waals surface area contributed by atoms with Gasteiger partial charge >= 0.3 is 0 Å². The van der Waals surface area contributed by atoms with Crippen molar-refractivity contribution < 1.29 is 17.6 Å². The smallest absolute Gasteiger partial charge is 0.255 e. The molecule has 7 heteroatoms. The minimum absolute atomic E-state index is 0.00317. The van der Waals surface area contributed by atoms with Crippen LogP contribution < -0.4 is 4.90 Å². The number of piperidine rings is 1. The highest BCUT2D eigenvalue weighted by atomic mass is 32.2. The first-order valence-electron chi connectivity index (χ1n) is 11.3. The van der Waals surface area contributed by atoms with Crippen LogP contribution in [0.4, 0.5) is 5.88 Å². The van der Waals surface area contributed by atoms with Crippen molar-refractivity contribution in [3.63, 3.8) is 0 Å². The molecule has 168 valence electrons. The highest BCUT2D eigenvalue weighted by Gasteiger charge is 2.36. The maximum Gasteiger partial charge on any atom is 0.255 e. The lowest BCUT2D eigenvalue weighted by Crippen LogP contribution is -2.40. The number of hydrogen-bond donors (Lipinski definition) is 0. The Labute approximate surface area is 188 Å². The highest BCUT2D eigenvalue weighted by molar-refractivity contribution is 7.91. The monoisotopic (exact) mass is 452 g/mol. The molecule has 0 spiro atoms. The number of amides is 1. The summed E-state index contributed by atoms with van der Waals surface area (Å²) in [4.78, 5) is 17.7. The number of hydrogen-bond acceptors (Lipinski definition) is 5. The summed E-state index contributed by atoms with van der Waals surface area (Å²) in [5.74, 6) is 1.48. The predicted molar refractivity (Wildman–Crippen MR) is 126 cm³/mol. The van der Waals surface area contributed by atoms with Gasteiger partial charge in [-0.15, -0.1) is 0 Å². The Morgan fingerprint density at radius 3 is 2.56 bits per heavy atom. The Kier molecular flexibility index (Phi) is 5.67. The summed E-state index contributed by atoms with van der Waals surface area (Å²) in [7, 11) is -3.14. The van der Waals surface area contributed by atoms with Crippen molar-refractivity contribution >= 4 is 32.4 Å². The van der Waals surface area contributed by atoms with Crippen LogP contribution in [0.25, 0.3) is 10.8 Å². The number of carbonyl (C=O) groups is 1. The third-order valence-corrected chi connectivity index (χ3v) is 8.32. The fourth-order valence-electron chi connectivity index (χ4n) is 4.86. The number of sulfone groups is 1. The number of carbonyl (C=O) groups excluding carboxylic acids is 1. The van der Waals surface area contributed by atoms with E-state index in [2.05, 4.69) is 4.90 Å². The van der Waals surface area contributed by atoms with Gasteiger partial charge in [-0.1, -0.05) is 36.4 Å². The molecule has 0 aliphatic carbocycles. The van der Waals surface area contributed by atoms with Gasteiger partial charge < -0.3 is 14.2 Å². The van der Waals surface area contributed by atoms with Crippen LogP contribution >= 0.6 is 0 Å². The van der Waals surface area contributed by atoms with Gasteiger partial charge in [-0.2, -0.15) is 0 Å². The van der Waals surface area contributed by atoms with Crippen molar-refractivity contribution in [2.75, 3.05) is 29.5 Å². The molecule has 1 atom stereocenters. The van der Waals surface area contributed by atoms with Gasteiger partial charge in [0.1, 0.15) is 5.76 Å². The van der Waals surface area contributed by atoms with Crippen LogP contribution in [0, 0.1) is 0 Å². The van der Waals surface area contributed by atoms with E-state index >= 15 is 0 Å². The molecule has 3 heterocycles. The zero-order valence-corrected chi connectivity index (χ0v) is 18.9. The molecule has 3 aromatic rings. The predicted octanol–water partition coefficient (Wildman–Crippen LogP) is 4.25. The number of furan rings is 1. The fourth-order valence-corrected chi connectivity index (χ4v) is 6.59. The second-order valence-corrected chi connectivity index (χ2v) is 11.0. The molecule has 6 nitrogen and oxygen atoms in total. The zero-order chi connectivity index (χ0) is 22.1. The molecule has 2 saturated heterocycles. The normalized spacial score (nSPS) is 20.5. The Morgan fingerprint density at radius 1 is 1.00 bits per heavy atom. The summed E-state index contributed by atoms with van der Waals surface area (Å²) in [6.07, 6.45) is 4.01. The fraction of sp³-hybridized carbons (Fsp3) is 0.400. The standard InChI is InChI=1S/C25H28N2O4S/c28-25(23-10-6-8-19-7-2-3-9-22(19)23)27(20-13-16-32(29,30)18-20)17-21-11-12-24(31-21)26-14-4-1-5-15-26/h2-3,6-12,20H,1,4-5,13-18H2. The molecule has 1 aromatic heterocycles. The summed E-state index contributed by atoms with van der Waals surface area (Å²) in [6.45, 7) is 2.22. The SMILES string of the molecule is O=C(c1cccc2ccccc12)N(Cc1ccc(N2CCCCC2)o1)C1CCS(=O)(=O)C1. The Morgan fingerprint density at radius 2 is 1.78 bits per heavy atom. The summed E-state index contributed by atoms with van der Waals surface area (Å²) >= 11 is 0. The van der Waals surface area contributed by atoms with E-state index in [1.165, 1.54) is 6.42 Å². The lowest BCUT2D eigenvalue weighted by Gasteiger charge is -2.28. The summed E-state index contributed by atoms with van der Waals surface area (Å²) in [5, 5.41) is 1.86. The first-order valence-corrected chi connectivity index (χ1v) is 13.2. The summed E-state index contributed by atoms with van der Waals surface area (Å²) in [5.41, 5.74) is 0.593. The van der Waals surface area contributed by atoms with Crippen LogP contribution in [0.5, 0.6) is 0 Å². The molecule has 0 radical (unpaired) electrons. The van der Waals surface area contributed by atoms with Crippen molar-refractivity contribution in [2.24, 2.45) is 0 Å². The number of anilines is 1. The molecule has 2 aliphatic rings. The molecule has 2 aromatic carbocycles. The second-order valence-electron chi connectivity index (χ2n) is 8.80. The molecule has 1 unspecified atom stereocenters. The highest BCUT2D eigenvalue weighted by Crippen LogP contribution is 2.28. The first kappa shape index (κ1) is 21.1. The van der Waals surface area contributed by atoms with Gasteiger partial charge in [0.05, 0.1) is 18.1 Å². The Hall–Kier alpha value is -2.80. The maximum atomic E-state index is 13.7. The zero-order valence-electron chi connectivity index (χ0n) is 18.1. The van der Waals surface area contributed by atoms with E-state index < -0.39 is 9.84 Å². The number of nitrogens with zero attached hydrogens (tertiary/aromatic N) is 2. The minimum Gasteiger partial charge on any atom is -0.444 e. The van der Waals surface area contributed by atoms with E-state index in [0.29, 0.717) is 17.7 Å². The van der Waals surface area contributed by atoms with Crippen molar-refractivity contribution in [1.29, 1.82) is 0 Å². The molecule has 32 heavy (non-hydrogen) atoms. The van der Waals surface area contributed by atoms with Crippen LogP contribution in [-0.2, 0) is 16.4 Å². The van der Waals surface area contributed by atoms with Crippen LogP contribution in [0.2, 0.25) is 0 Å². The van der Waals surface area contributed by atoms with Gasteiger partial charge in [-0.25, -0.2) is 8.42 Å². The lowest BCUT2D eigenvalue weighted by atomic mass is 10.0. The van der Waals surface area contributed by atoms with Gasteiger partial charge in [0.2, 0.25) is 0 Å². The molecular weight excluding hydrogens is 424 g/mol. The van der Waals surface area contributed by atoms with Gasteiger partial charge in [0, 0.05) is 30.8 Å². The van der Waals surface area contributed by atoms with E-state index in [-0.39, 0.29) is 30.0 Å². The van der Waals surface area contributed by atoms with E-state index in [4.69, 9.17) is 4.42 Å². The van der Waals surface area contributed by atoms with Gasteiger partial charge in [0.15, 0.2) is 15.7 Å². The maximum absolute atomic E-state index is 13.7. The first-order chi connectivity index (χ1) is 15.5. The minimum atomic E-state index is -3.14. The van der Waals surface area contributed by atoms with E-state index in [9.17, 15) is 13.2 Å². The molecular formula is C25H28N2O4S. The third kappa shape index (κ3) is 4.26. The van der Waals surface area contributed by atoms with E-state index in [0.717, 1.165) is 42.6 Å². The molecule has 0 bridgehead atoms. The van der Waals surface area contributed by atoms with Crippen molar-refractivity contribution in [1.82, 2.24) is 4.90 Å². The van der Waals surface area contributed by atoms with Gasteiger partial charge in [-0.05, 0) is 48.6 Å². The van der Waals surface area contributed by atoms with Crippen molar-refractivity contribution in [3.05, 3.63) is 65.9 Å². The number of fused-ring (bicyclic) bond motifs is 1. The van der Waals surface area contributed by atoms with Crippen molar-refractivity contribution in [3.8, 4) is 0 Å². The third-order valence-electron chi connectivity index (χ3n) is 6.57. The average molecular weight is 453 g/mol.